The fourth-order valence-corrected chi connectivity index (χ4v) is 1.04. The molecular formula is C11H13NO3. The zero-order valence-corrected chi connectivity index (χ0v) is 8.31. The van der Waals surface area contributed by atoms with E-state index in [1.165, 1.54) is 0 Å². The van der Waals surface area contributed by atoms with Gasteiger partial charge in [0.05, 0.1) is 0 Å². The van der Waals surface area contributed by atoms with Gasteiger partial charge in [-0.05, 0) is 12.1 Å². The van der Waals surface area contributed by atoms with E-state index in [1.807, 2.05) is 30.3 Å². The maximum atomic E-state index is 11.1. The summed E-state index contributed by atoms with van der Waals surface area (Å²) in [5.41, 5.74) is 6.00. The van der Waals surface area contributed by atoms with E-state index in [4.69, 9.17) is 10.5 Å². The van der Waals surface area contributed by atoms with Gasteiger partial charge in [0.15, 0.2) is 0 Å². The lowest BCUT2D eigenvalue weighted by molar-refractivity contribution is -0.154. The molecule has 0 bridgehead atoms. The van der Waals surface area contributed by atoms with E-state index < -0.39 is 11.8 Å². The average Bonchev–Trinajstić information content (AvgIpc) is 2.27. The molecule has 0 aliphatic rings. The van der Waals surface area contributed by atoms with Crippen molar-refractivity contribution in [2.24, 2.45) is 5.73 Å². The minimum absolute atomic E-state index is 0.0353. The van der Waals surface area contributed by atoms with E-state index in [2.05, 4.69) is 0 Å². The molecule has 0 atom stereocenters. The van der Waals surface area contributed by atoms with Gasteiger partial charge in [0.1, 0.15) is 6.61 Å². The highest BCUT2D eigenvalue weighted by atomic mass is 16.5. The van der Waals surface area contributed by atoms with Crippen molar-refractivity contribution < 1.29 is 14.3 Å². The van der Waals surface area contributed by atoms with Crippen molar-refractivity contribution in [2.45, 2.75) is 13.0 Å². The highest BCUT2D eigenvalue weighted by molar-refractivity contribution is 6.33. The van der Waals surface area contributed by atoms with Crippen LogP contribution in [-0.4, -0.2) is 18.3 Å². The lowest BCUT2D eigenvalue weighted by Gasteiger charge is -2.03. The molecule has 0 radical (unpaired) electrons. The Morgan fingerprint density at radius 1 is 1.20 bits per heavy atom. The topological polar surface area (TPSA) is 69.4 Å². The van der Waals surface area contributed by atoms with Crippen LogP contribution in [0.2, 0.25) is 0 Å². The highest BCUT2D eigenvalue weighted by Crippen LogP contribution is 2.01. The van der Waals surface area contributed by atoms with Gasteiger partial charge in [0, 0.05) is 6.42 Å². The van der Waals surface area contributed by atoms with Gasteiger partial charge in [0.25, 0.3) is 0 Å². The number of carbonyl (C=O) groups is 2. The number of Topliss-reactive ketones (excluding diaryl/α,β-unsaturated/α-hetero) is 1. The molecule has 2 N–H and O–H groups in total. The third-order valence-corrected chi connectivity index (χ3v) is 1.81. The first kappa shape index (κ1) is 11.4. The molecule has 1 aromatic rings. The molecule has 0 fully saturated rings. The molecule has 0 saturated carbocycles. The normalized spacial score (nSPS) is 9.67. The molecule has 4 nitrogen and oxygen atoms in total. The number of rotatable bonds is 5. The second kappa shape index (κ2) is 5.93. The van der Waals surface area contributed by atoms with Gasteiger partial charge in [-0.1, -0.05) is 30.3 Å². The maximum Gasteiger partial charge on any atom is 0.374 e. The summed E-state index contributed by atoms with van der Waals surface area (Å²) in [4.78, 5) is 22.1. The maximum absolute atomic E-state index is 11.1. The lowest BCUT2D eigenvalue weighted by Crippen LogP contribution is -2.20. The second-order valence-electron chi connectivity index (χ2n) is 3.02. The number of ether oxygens (including phenoxy) is 1. The van der Waals surface area contributed by atoms with Crippen LogP contribution in [0.1, 0.15) is 12.0 Å². The van der Waals surface area contributed by atoms with Gasteiger partial charge in [-0.3, -0.25) is 4.79 Å². The van der Waals surface area contributed by atoms with E-state index >= 15 is 0 Å². The van der Waals surface area contributed by atoms with Gasteiger partial charge in [0.2, 0.25) is 5.78 Å². The molecule has 4 heteroatoms. The Labute approximate surface area is 88.0 Å². The Kier molecular flexibility index (Phi) is 4.50. The predicted octanol–water partition coefficient (Wildman–Crippen LogP) is 0.648. The van der Waals surface area contributed by atoms with E-state index in [-0.39, 0.29) is 19.6 Å². The summed E-state index contributed by atoms with van der Waals surface area (Å²) in [6.45, 7) is 0.287. The van der Waals surface area contributed by atoms with Crippen molar-refractivity contribution >= 4 is 11.8 Å². The van der Waals surface area contributed by atoms with Crippen molar-refractivity contribution in [3.05, 3.63) is 35.9 Å². The van der Waals surface area contributed by atoms with Crippen molar-refractivity contribution in [1.82, 2.24) is 0 Å². The number of hydrogen-bond donors (Lipinski definition) is 1. The summed E-state index contributed by atoms with van der Waals surface area (Å²) >= 11 is 0. The number of nitrogens with two attached hydrogens (primary N) is 1. The van der Waals surface area contributed by atoms with Crippen molar-refractivity contribution in [3.63, 3.8) is 0 Å². The number of benzene rings is 1. The largest absolute Gasteiger partial charge is 0.455 e. The van der Waals surface area contributed by atoms with Gasteiger partial charge in [-0.15, -0.1) is 0 Å². The number of carbonyl (C=O) groups excluding carboxylic acids is 2. The van der Waals surface area contributed by atoms with Crippen LogP contribution in [0.15, 0.2) is 30.3 Å². The molecule has 0 unspecified atom stereocenters. The van der Waals surface area contributed by atoms with E-state index in [9.17, 15) is 9.59 Å². The molecule has 0 heterocycles. The Balaban J connectivity index is 2.38. The standard InChI is InChI=1S/C11H13NO3/c12-7-6-10(13)11(14)15-8-9-4-2-1-3-5-9/h1-5H,6-8,12H2. The number of ketones is 1. The van der Waals surface area contributed by atoms with E-state index in [0.717, 1.165) is 5.56 Å². The fourth-order valence-electron chi connectivity index (χ4n) is 1.04. The molecule has 15 heavy (non-hydrogen) atoms. The van der Waals surface area contributed by atoms with Crippen LogP contribution in [0, 0.1) is 0 Å². The molecule has 0 amide bonds. The second-order valence-corrected chi connectivity index (χ2v) is 3.02. The van der Waals surface area contributed by atoms with E-state index in [1.54, 1.807) is 0 Å². The Morgan fingerprint density at radius 3 is 2.47 bits per heavy atom. The summed E-state index contributed by atoms with van der Waals surface area (Å²) in [5, 5.41) is 0. The van der Waals surface area contributed by atoms with Crippen molar-refractivity contribution in [2.75, 3.05) is 6.54 Å². The minimum Gasteiger partial charge on any atom is -0.455 e. The van der Waals surface area contributed by atoms with Crippen LogP contribution in [0.4, 0.5) is 0 Å². The van der Waals surface area contributed by atoms with Crippen LogP contribution < -0.4 is 5.73 Å². The van der Waals surface area contributed by atoms with Crippen LogP contribution in [0.25, 0.3) is 0 Å². The molecule has 0 aromatic heterocycles. The fraction of sp³-hybridized carbons (Fsp3) is 0.273. The van der Waals surface area contributed by atoms with Crippen LogP contribution in [-0.2, 0) is 20.9 Å². The molecule has 0 aliphatic carbocycles. The smallest absolute Gasteiger partial charge is 0.374 e. The SMILES string of the molecule is NCCC(=O)C(=O)OCc1ccccc1. The van der Waals surface area contributed by atoms with Gasteiger partial charge >= 0.3 is 5.97 Å². The molecule has 1 rings (SSSR count). The number of esters is 1. The summed E-state index contributed by atoms with van der Waals surface area (Å²) in [7, 11) is 0. The zero-order valence-electron chi connectivity index (χ0n) is 8.31. The Hall–Kier alpha value is -1.68. The average molecular weight is 207 g/mol. The van der Waals surface area contributed by atoms with Crippen LogP contribution in [0.3, 0.4) is 0 Å². The number of hydrogen-bond acceptors (Lipinski definition) is 4. The first-order valence-electron chi connectivity index (χ1n) is 4.68. The van der Waals surface area contributed by atoms with Gasteiger partial charge < -0.3 is 10.5 Å². The quantitative estimate of drug-likeness (QED) is 0.568. The molecule has 1 aromatic carbocycles. The summed E-state index contributed by atoms with van der Waals surface area (Å²) in [6.07, 6.45) is 0.0353. The minimum atomic E-state index is -0.815. The zero-order chi connectivity index (χ0) is 11.1. The summed E-state index contributed by atoms with van der Waals surface area (Å²) < 4.78 is 4.80. The van der Waals surface area contributed by atoms with Crippen LogP contribution >= 0.6 is 0 Å². The molecular weight excluding hydrogens is 194 g/mol. The summed E-state index contributed by atoms with van der Waals surface area (Å²) in [5.74, 6) is -1.39. The molecule has 80 valence electrons. The van der Waals surface area contributed by atoms with Crippen LogP contribution in [0.5, 0.6) is 0 Å². The van der Waals surface area contributed by atoms with Crippen molar-refractivity contribution in [3.8, 4) is 0 Å². The first-order chi connectivity index (χ1) is 7.24. The van der Waals surface area contributed by atoms with E-state index in [0.29, 0.717) is 0 Å². The first-order valence-corrected chi connectivity index (χ1v) is 4.68. The van der Waals surface area contributed by atoms with Crippen molar-refractivity contribution in [1.29, 1.82) is 0 Å². The molecule has 0 saturated heterocycles. The Morgan fingerprint density at radius 2 is 1.87 bits per heavy atom. The predicted molar refractivity (Wildman–Crippen MR) is 54.9 cm³/mol. The highest BCUT2D eigenvalue weighted by Gasteiger charge is 2.13. The van der Waals surface area contributed by atoms with Gasteiger partial charge in [-0.2, -0.15) is 0 Å². The van der Waals surface area contributed by atoms with Gasteiger partial charge in [-0.25, -0.2) is 4.79 Å². The third kappa shape index (κ3) is 3.91. The Bertz CT molecular complexity index is 335. The monoisotopic (exact) mass is 207 g/mol. The third-order valence-electron chi connectivity index (χ3n) is 1.81. The lowest BCUT2D eigenvalue weighted by atomic mass is 10.2. The molecule has 0 spiro atoms. The summed E-state index contributed by atoms with van der Waals surface area (Å²) in [6, 6.07) is 9.18. The molecule has 0 aliphatic heterocycles.